The summed E-state index contributed by atoms with van der Waals surface area (Å²) in [5.41, 5.74) is 1.90. The van der Waals surface area contributed by atoms with Gasteiger partial charge in [-0.2, -0.15) is 0 Å². The molecule has 0 unspecified atom stereocenters. The first-order valence-electron chi connectivity index (χ1n) is 7.21. The van der Waals surface area contributed by atoms with E-state index >= 15 is 0 Å². The van der Waals surface area contributed by atoms with Crippen molar-refractivity contribution in [2.24, 2.45) is 0 Å². The highest BCUT2D eigenvalue weighted by Crippen LogP contribution is 2.37. The Balaban J connectivity index is 2.37. The molecule has 0 saturated heterocycles. The summed E-state index contributed by atoms with van der Waals surface area (Å²) in [7, 11) is 0. The number of benzene rings is 2. The molecule has 0 atom stereocenters. The van der Waals surface area contributed by atoms with Gasteiger partial charge >= 0.3 is 0 Å². The minimum atomic E-state index is -0.244. The maximum Gasteiger partial charge on any atom is 0.161 e. The molecular formula is C18H22O3. The van der Waals surface area contributed by atoms with E-state index in [1.165, 1.54) is 0 Å². The van der Waals surface area contributed by atoms with Crippen LogP contribution in [0.1, 0.15) is 38.3 Å². The zero-order valence-corrected chi connectivity index (χ0v) is 12.8. The van der Waals surface area contributed by atoms with E-state index in [9.17, 15) is 10.2 Å². The minimum Gasteiger partial charge on any atom is -0.508 e. The highest BCUT2D eigenvalue weighted by molar-refractivity contribution is 5.47. The lowest BCUT2D eigenvalue weighted by atomic mass is 9.78. The summed E-state index contributed by atoms with van der Waals surface area (Å²) in [5.74, 6) is 0.933. The molecule has 0 bridgehead atoms. The Morgan fingerprint density at radius 3 is 2.19 bits per heavy atom. The van der Waals surface area contributed by atoms with E-state index < -0.39 is 0 Å². The zero-order valence-electron chi connectivity index (χ0n) is 12.8. The van der Waals surface area contributed by atoms with Crippen molar-refractivity contribution < 1.29 is 14.9 Å². The second kappa shape index (κ2) is 6.08. The van der Waals surface area contributed by atoms with Gasteiger partial charge in [0.05, 0.1) is 6.61 Å². The normalized spacial score (nSPS) is 11.4. The summed E-state index contributed by atoms with van der Waals surface area (Å²) >= 11 is 0. The van der Waals surface area contributed by atoms with Crippen molar-refractivity contribution >= 4 is 0 Å². The predicted octanol–water partition coefficient (Wildman–Crippen LogP) is 4.21. The number of aromatic hydroxyl groups is 2. The average molecular weight is 286 g/mol. The van der Waals surface area contributed by atoms with E-state index in [4.69, 9.17) is 4.74 Å². The molecule has 3 heteroatoms. The Labute approximate surface area is 125 Å². The van der Waals surface area contributed by atoms with Crippen molar-refractivity contribution in [2.75, 3.05) is 6.61 Å². The molecule has 112 valence electrons. The number of phenolic OH excluding ortho intramolecular Hbond substituents is 2. The second-order valence-electron chi connectivity index (χ2n) is 5.70. The lowest BCUT2D eigenvalue weighted by molar-refractivity contribution is 0.298. The van der Waals surface area contributed by atoms with Gasteiger partial charge in [-0.05, 0) is 41.8 Å². The van der Waals surface area contributed by atoms with Crippen LogP contribution in [-0.4, -0.2) is 16.8 Å². The van der Waals surface area contributed by atoms with Gasteiger partial charge in [0.1, 0.15) is 5.75 Å². The van der Waals surface area contributed by atoms with Gasteiger partial charge in [-0.25, -0.2) is 0 Å². The minimum absolute atomic E-state index is 0.161. The van der Waals surface area contributed by atoms with Crippen LogP contribution >= 0.6 is 0 Å². The second-order valence-corrected chi connectivity index (χ2v) is 5.70. The molecule has 0 spiro atoms. The zero-order chi connectivity index (χ0) is 15.5. The molecular weight excluding hydrogens is 264 g/mol. The standard InChI is InChI=1S/C18H22O3/c1-4-11-21-17-12-14(7-10-16(17)20)18(2,3)13-5-8-15(19)9-6-13/h5-10,12,19-20H,4,11H2,1-3H3. The number of ether oxygens (including phenoxy) is 1. The van der Waals surface area contributed by atoms with Gasteiger partial charge in [0, 0.05) is 5.41 Å². The van der Waals surface area contributed by atoms with Crippen LogP contribution in [0.25, 0.3) is 0 Å². The van der Waals surface area contributed by atoms with Crippen LogP contribution in [-0.2, 0) is 5.41 Å². The molecule has 0 aliphatic carbocycles. The molecule has 0 aliphatic rings. The average Bonchev–Trinajstić information content (AvgIpc) is 2.46. The van der Waals surface area contributed by atoms with E-state index in [-0.39, 0.29) is 16.9 Å². The Morgan fingerprint density at radius 1 is 0.952 bits per heavy atom. The van der Waals surface area contributed by atoms with Crippen LogP contribution in [0.4, 0.5) is 0 Å². The predicted molar refractivity (Wildman–Crippen MR) is 84.1 cm³/mol. The molecule has 0 heterocycles. The molecule has 0 aromatic heterocycles. The Hall–Kier alpha value is -2.16. The molecule has 21 heavy (non-hydrogen) atoms. The first-order valence-corrected chi connectivity index (χ1v) is 7.21. The van der Waals surface area contributed by atoms with Gasteiger partial charge in [-0.15, -0.1) is 0 Å². The van der Waals surface area contributed by atoms with Crippen LogP contribution in [0.3, 0.4) is 0 Å². The van der Waals surface area contributed by atoms with E-state index in [0.717, 1.165) is 17.5 Å². The molecule has 0 amide bonds. The number of hydrogen-bond acceptors (Lipinski definition) is 3. The van der Waals surface area contributed by atoms with Gasteiger partial charge in [0.2, 0.25) is 0 Å². The highest BCUT2D eigenvalue weighted by atomic mass is 16.5. The van der Waals surface area contributed by atoms with Crippen molar-refractivity contribution in [1.82, 2.24) is 0 Å². The molecule has 0 fully saturated rings. The number of hydrogen-bond donors (Lipinski definition) is 2. The van der Waals surface area contributed by atoms with Crippen LogP contribution in [0.15, 0.2) is 42.5 Å². The SMILES string of the molecule is CCCOc1cc(C(C)(C)c2ccc(O)cc2)ccc1O. The van der Waals surface area contributed by atoms with Gasteiger partial charge in [-0.1, -0.05) is 39.0 Å². The largest absolute Gasteiger partial charge is 0.508 e. The van der Waals surface area contributed by atoms with Crippen LogP contribution in [0.2, 0.25) is 0 Å². The summed E-state index contributed by atoms with van der Waals surface area (Å²) in [4.78, 5) is 0. The molecule has 2 aromatic rings. The van der Waals surface area contributed by atoms with Crippen molar-refractivity contribution in [2.45, 2.75) is 32.6 Å². The molecule has 0 aliphatic heterocycles. The van der Waals surface area contributed by atoms with Crippen molar-refractivity contribution in [3.63, 3.8) is 0 Å². The van der Waals surface area contributed by atoms with Crippen LogP contribution in [0, 0.1) is 0 Å². The van der Waals surface area contributed by atoms with E-state index in [2.05, 4.69) is 13.8 Å². The Morgan fingerprint density at radius 2 is 1.57 bits per heavy atom. The fourth-order valence-corrected chi connectivity index (χ4v) is 2.28. The smallest absolute Gasteiger partial charge is 0.161 e. The van der Waals surface area contributed by atoms with E-state index in [1.54, 1.807) is 18.2 Å². The Kier molecular flexibility index (Phi) is 4.41. The molecule has 0 radical (unpaired) electrons. The maximum atomic E-state index is 9.88. The quantitative estimate of drug-likeness (QED) is 0.865. The first kappa shape index (κ1) is 15.2. The molecule has 2 aromatic carbocycles. The summed E-state index contributed by atoms with van der Waals surface area (Å²) < 4.78 is 5.59. The number of phenols is 2. The van der Waals surface area contributed by atoms with Crippen LogP contribution < -0.4 is 4.74 Å². The summed E-state index contributed by atoms with van der Waals surface area (Å²) in [6.07, 6.45) is 0.894. The summed E-state index contributed by atoms with van der Waals surface area (Å²) in [6, 6.07) is 12.7. The summed E-state index contributed by atoms with van der Waals surface area (Å²) in [5, 5.41) is 19.3. The molecule has 2 rings (SSSR count). The van der Waals surface area contributed by atoms with Gasteiger partial charge in [0.25, 0.3) is 0 Å². The van der Waals surface area contributed by atoms with Crippen molar-refractivity contribution in [3.05, 3.63) is 53.6 Å². The van der Waals surface area contributed by atoms with Crippen molar-refractivity contribution in [3.8, 4) is 17.2 Å². The molecule has 3 nitrogen and oxygen atoms in total. The molecule has 0 saturated carbocycles. The van der Waals surface area contributed by atoms with Gasteiger partial charge in [0.15, 0.2) is 11.5 Å². The highest BCUT2D eigenvalue weighted by Gasteiger charge is 2.24. The maximum absolute atomic E-state index is 9.88. The fourth-order valence-electron chi connectivity index (χ4n) is 2.28. The Bertz CT molecular complexity index is 600. The third kappa shape index (κ3) is 3.30. The molecule has 2 N–H and O–H groups in total. The van der Waals surface area contributed by atoms with Crippen LogP contribution in [0.5, 0.6) is 17.2 Å². The lowest BCUT2D eigenvalue weighted by Crippen LogP contribution is -2.18. The van der Waals surface area contributed by atoms with E-state index in [0.29, 0.717) is 12.4 Å². The third-order valence-corrected chi connectivity index (χ3v) is 3.73. The topological polar surface area (TPSA) is 49.7 Å². The fraction of sp³-hybridized carbons (Fsp3) is 0.333. The lowest BCUT2D eigenvalue weighted by Gasteiger charge is -2.27. The monoisotopic (exact) mass is 286 g/mol. The van der Waals surface area contributed by atoms with Gasteiger partial charge in [-0.3, -0.25) is 0 Å². The first-order chi connectivity index (χ1) is 9.95. The van der Waals surface area contributed by atoms with E-state index in [1.807, 2.05) is 31.2 Å². The number of rotatable bonds is 5. The van der Waals surface area contributed by atoms with Crippen molar-refractivity contribution in [1.29, 1.82) is 0 Å². The van der Waals surface area contributed by atoms with Gasteiger partial charge < -0.3 is 14.9 Å². The third-order valence-electron chi connectivity index (χ3n) is 3.73. The summed E-state index contributed by atoms with van der Waals surface area (Å²) in [6.45, 7) is 6.82.